The lowest BCUT2D eigenvalue weighted by Crippen LogP contribution is -2.22. The zero-order valence-corrected chi connectivity index (χ0v) is 14.8. The van der Waals surface area contributed by atoms with E-state index in [-0.39, 0.29) is 24.2 Å². The number of fused-ring (bicyclic) bond motifs is 1. The number of ether oxygens (including phenoxy) is 2. The van der Waals surface area contributed by atoms with Crippen LogP contribution in [-0.4, -0.2) is 28.7 Å². The molecule has 26 heavy (non-hydrogen) atoms. The summed E-state index contributed by atoms with van der Waals surface area (Å²) >= 11 is 0. The molecule has 0 fully saturated rings. The molecule has 0 amide bonds. The van der Waals surface area contributed by atoms with Gasteiger partial charge in [0.05, 0.1) is 5.39 Å². The van der Waals surface area contributed by atoms with Crippen LogP contribution in [0.3, 0.4) is 0 Å². The third-order valence-electron chi connectivity index (χ3n) is 3.95. The Kier molecular flexibility index (Phi) is 5.31. The SMILES string of the molecule is CCn1cc(C(=O)OCCOc2ccccc2)c(=O)c2ccc(C)nc21. The van der Waals surface area contributed by atoms with E-state index in [1.807, 2.05) is 44.2 Å². The van der Waals surface area contributed by atoms with Crippen LogP contribution in [0, 0.1) is 6.92 Å². The van der Waals surface area contributed by atoms with Gasteiger partial charge >= 0.3 is 5.97 Å². The van der Waals surface area contributed by atoms with Gasteiger partial charge in [0.15, 0.2) is 0 Å². The number of nitrogens with zero attached hydrogens (tertiary/aromatic N) is 2. The summed E-state index contributed by atoms with van der Waals surface area (Å²) in [4.78, 5) is 29.4. The highest BCUT2D eigenvalue weighted by Gasteiger charge is 2.17. The quantitative estimate of drug-likeness (QED) is 0.504. The highest BCUT2D eigenvalue weighted by molar-refractivity contribution is 5.93. The van der Waals surface area contributed by atoms with E-state index >= 15 is 0 Å². The van der Waals surface area contributed by atoms with Gasteiger partial charge in [-0.1, -0.05) is 18.2 Å². The van der Waals surface area contributed by atoms with Crippen LogP contribution in [0.1, 0.15) is 23.0 Å². The van der Waals surface area contributed by atoms with Crippen molar-refractivity contribution in [3.05, 3.63) is 70.1 Å². The van der Waals surface area contributed by atoms with E-state index in [2.05, 4.69) is 4.98 Å². The molecule has 0 bridgehead atoms. The van der Waals surface area contributed by atoms with Crippen molar-refractivity contribution in [3.63, 3.8) is 0 Å². The van der Waals surface area contributed by atoms with Crippen LogP contribution in [-0.2, 0) is 11.3 Å². The van der Waals surface area contributed by atoms with Gasteiger partial charge < -0.3 is 14.0 Å². The number of carbonyl (C=O) groups is 1. The normalized spacial score (nSPS) is 10.7. The maximum absolute atomic E-state index is 12.6. The van der Waals surface area contributed by atoms with Gasteiger partial charge in [0.25, 0.3) is 0 Å². The monoisotopic (exact) mass is 352 g/mol. The Morgan fingerprint density at radius 1 is 1.12 bits per heavy atom. The first-order valence-corrected chi connectivity index (χ1v) is 8.46. The van der Waals surface area contributed by atoms with E-state index in [9.17, 15) is 9.59 Å². The summed E-state index contributed by atoms with van der Waals surface area (Å²) in [6, 6.07) is 12.7. The Morgan fingerprint density at radius 2 is 1.88 bits per heavy atom. The number of esters is 1. The van der Waals surface area contributed by atoms with Crippen LogP contribution in [0.25, 0.3) is 11.0 Å². The summed E-state index contributed by atoms with van der Waals surface area (Å²) < 4.78 is 12.5. The van der Waals surface area contributed by atoms with Gasteiger partial charge in [0.1, 0.15) is 30.2 Å². The number of pyridine rings is 2. The molecule has 0 aliphatic heterocycles. The molecule has 6 heteroatoms. The smallest absolute Gasteiger partial charge is 0.343 e. The van der Waals surface area contributed by atoms with E-state index in [1.54, 1.807) is 16.7 Å². The number of rotatable bonds is 6. The van der Waals surface area contributed by atoms with Crippen molar-refractivity contribution < 1.29 is 14.3 Å². The first-order chi connectivity index (χ1) is 12.6. The van der Waals surface area contributed by atoms with Crippen LogP contribution in [0.4, 0.5) is 0 Å². The lowest BCUT2D eigenvalue weighted by Gasteiger charge is -2.11. The number of para-hydroxylation sites is 1. The largest absolute Gasteiger partial charge is 0.490 e. The summed E-state index contributed by atoms with van der Waals surface area (Å²) in [7, 11) is 0. The second-order valence-corrected chi connectivity index (χ2v) is 5.78. The van der Waals surface area contributed by atoms with Gasteiger partial charge in [-0.3, -0.25) is 4.79 Å². The molecule has 0 unspecified atom stereocenters. The van der Waals surface area contributed by atoms with Crippen molar-refractivity contribution in [1.29, 1.82) is 0 Å². The molecule has 2 aromatic heterocycles. The molecular weight excluding hydrogens is 332 g/mol. The average Bonchev–Trinajstić information content (AvgIpc) is 2.66. The molecule has 0 radical (unpaired) electrons. The fourth-order valence-electron chi connectivity index (χ4n) is 2.63. The standard InChI is InChI=1S/C20H20N2O4/c1-3-22-13-17(18(23)16-10-9-14(2)21-19(16)22)20(24)26-12-11-25-15-7-5-4-6-8-15/h4-10,13H,3,11-12H2,1-2H3. The van der Waals surface area contributed by atoms with Gasteiger partial charge in [-0.25, -0.2) is 9.78 Å². The molecule has 0 saturated heterocycles. The molecule has 6 nitrogen and oxygen atoms in total. The van der Waals surface area contributed by atoms with Gasteiger partial charge in [-0.2, -0.15) is 0 Å². The van der Waals surface area contributed by atoms with Crippen LogP contribution < -0.4 is 10.2 Å². The summed E-state index contributed by atoms with van der Waals surface area (Å²) in [5.41, 5.74) is 1.02. The molecule has 0 spiro atoms. The average molecular weight is 352 g/mol. The lowest BCUT2D eigenvalue weighted by atomic mass is 10.2. The van der Waals surface area contributed by atoms with Crippen molar-refractivity contribution in [2.24, 2.45) is 0 Å². The molecule has 0 N–H and O–H groups in total. The highest BCUT2D eigenvalue weighted by atomic mass is 16.6. The number of aromatic nitrogens is 2. The maximum Gasteiger partial charge on any atom is 0.343 e. The minimum atomic E-state index is -0.656. The van der Waals surface area contributed by atoms with E-state index in [0.29, 0.717) is 23.3 Å². The Labute approximate surface area is 151 Å². The Balaban J connectivity index is 1.75. The summed E-state index contributed by atoms with van der Waals surface area (Å²) in [6.45, 7) is 4.65. The fourth-order valence-corrected chi connectivity index (χ4v) is 2.63. The van der Waals surface area contributed by atoms with Crippen LogP contribution in [0.15, 0.2) is 53.5 Å². The summed E-state index contributed by atoms with van der Waals surface area (Å²) in [5.74, 6) is 0.0420. The molecule has 1 aromatic carbocycles. The Hall–Kier alpha value is -3.15. The number of aryl methyl sites for hydroxylation is 2. The van der Waals surface area contributed by atoms with E-state index in [0.717, 1.165) is 5.69 Å². The number of carbonyl (C=O) groups excluding carboxylic acids is 1. The number of hydrogen-bond acceptors (Lipinski definition) is 5. The summed E-state index contributed by atoms with van der Waals surface area (Å²) in [5, 5.41) is 0.410. The van der Waals surface area contributed by atoms with Gasteiger partial charge in [-0.05, 0) is 38.1 Å². The Bertz CT molecular complexity index is 980. The molecule has 134 valence electrons. The van der Waals surface area contributed by atoms with Crippen molar-refractivity contribution in [2.45, 2.75) is 20.4 Å². The molecule has 3 rings (SSSR count). The third-order valence-corrected chi connectivity index (χ3v) is 3.95. The minimum Gasteiger partial charge on any atom is -0.490 e. The van der Waals surface area contributed by atoms with E-state index in [1.165, 1.54) is 6.20 Å². The van der Waals surface area contributed by atoms with Gasteiger partial charge in [0, 0.05) is 18.4 Å². The zero-order valence-electron chi connectivity index (χ0n) is 14.8. The molecule has 0 saturated carbocycles. The minimum absolute atomic E-state index is 0.00436. The second kappa shape index (κ2) is 7.82. The van der Waals surface area contributed by atoms with Crippen molar-refractivity contribution >= 4 is 17.0 Å². The van der Waals surface area contributed by atoms with Gasteiger partial charge in [-0.15, -0.1) is 0 Å². The number of benzene rings is 1. The Morgan fingerprint density at radius 3 is 2.62 bits per heavy atom. The van der Waals surface area contributed by atoms with Gasteiger partial charge in [0.2, 0.25) is 5.43 Å². The predicted molar refractivity (Wildman–Crippen MR) is 98.6 cm³/mol. The molecule has 2 heterocycles. The lowest BCUT2D eigenvalue weighted by molar-refractivity contribution is 0.0448. The first kappa shape index (κ1) is 17.7. The van der Waals surface area contributed by atoms with Crippen LogP contribution >= 0.6 is 0 Å². The molecule has 0 aliphatic rings. The van der Waals surface area contributed by atoms with E-state index in [4.69, 9.17) is 9.47 Å². The van der Waals surface area contributed by atoms with E-state index < -0.39 is 5.97 Å². The van der Waals surface area contributed by atoms with Crippen LogP contribution in [0.2, 0.25) is 0 Å². The molecule has 3 aromatic rings. The third kappa shape index (κ3) is 3.74. The first-order valence-electron chi connectivity index (χ1n) is 8.46. The fraction of sp³-hybridized carbons (Fsp3) is 0.250. The van der Waals surface area contributed by atoms with Crippen molar-refractivity contribution in [2.75, 3.05) is 13.2 Å². The number of hydrogen-bond donors (Lipinski definition) is 0. The topological polar surface area (TPSA) is 70.4 Å². The highest BCUT2D eigenvalue weighted by Crippen LogP contribution is 2.12. The van der Waals surface area contributed by atoms with Crippen molar-refractivity contribution in [3.8, 4) is 5.75 Å². The van der Waals surface area contributed by atoms with Crippen molar-refractivity contribution in [1.82, 2.24) is 9.55 Å². The van der Waals surface area contributed by atoms with Crippen LogP contribution in [0.5, 0.6) is 5.75 Å². The molecule has 0 atom stereocenters. The predicted octanol–water partition coefficient (Wildman–Crippen LogP) is 2.96. The zero-order chi connectivity index (χ0) is 18.5. The second-order valence-electron chi connectivity index (χ2n) is 5.78. The molecular formula is C20H20N2O4. The maximum atomic E-state index is 12.6. The molecule has 0 aliphatic carbocycles. The summed E-state index contributed by atoms with van der Waals surface area (Å²) in [6.07, 6.45) is 1.51.